The van der Waals surface area contributed by atoms with Gasteiger partial charge in [0.15, 0.2) is 0 Å². The Labute approximate surface area is 253 Å². The monoisotopic (exact) mass is 582 g/mol. The molecule has 226 valence electrons. The molecule has 0 aliphatic heterocycles. The SMILES string of the molecule is COc1ccc(-c2ccc(CCNC(=O)c3ccc4c(c3O)C3CC(=O)CC[C@@]3(O)[C@H](N(C)CC3CC3)C4)cc2)cc1C. The third kappa shape index (κ3) is 5.80. The van der Waals surface area contributed by atoms with Crippen molar-refractivity contribution in [3.63, 3.8) is 0 Å². The molecular weight excluding hydrogens is 540 g/mol. The van der Waals surface area contributed by atoms with Crippen LogP contribution in [0.4, 0.5) is 0 Å². The quantitative estimate of drug-likeness (QED) is 0.322. The summed E-state index contributed by atoms with van der Waals surface area (Å²) >= 11 is 0. The number of likely N-dealkylation sites (N-methyl/N-ethyl adjacent to an activating group) is 1. The predicted octanol–water partition coefficient (Wildman–Crippen LogP) is 5.18. The molecule has 0 spiro atoms. The van der Waals surface area contributed by atoms with Crippen molar-refractivity contribution in [2.45, 2.75) is 69.4 Å². The number of aryl methyl sites for hydroxylation is 1. The molecule has 1 amide bonds. The highest BCUT2D eigenvalue weighted by Gasteiger charge is 2.54. The molecule has 7 heteroatoms. The van der Waals surface area contributed by atoms with Crippen molar-refractivity contribution >= 4 is 11.7 Å². The number of Topliss-reactive ketones (excluding diaryl/α,β-unsaturated/α-hetero) is 1. The molecule has 0 bridgehead atoms. The zero-order valence-corrected chi connectivity index (χ0v) is 25.4. The number of benzene rings is 3. The highest BCUT2D eigenvalue weighted by molar-refractivity contribution is 5.97. The van der Waals surface area contributed by atoms with Crippen LogP contribution in [0.5, 0.6) is 11.5 Å². The molecule has 2 saturated carbocycles. The van der Waals surface area contributed by atoms with Gasteiger partial charge >= 0.3 is 0 Å². The summed E-state index contributed by atoms with van der Waals surface area (Å²) < 4.78 is 5.37. The highest BCUT2D eigenvalue weighted by atomic mass is 16.5. The highest BCUT2D eigenvalue weighted by Crippen LogP contribution is 2.52. The molecule has 6 rings (SSSR count). The average molecular weight is 583 g/mol. The van der Waals surface area contributed by atoms with Gasteiger partial charge in [-0.25, -0.2) is 0 Å². The lowest BCUT2D eigenvalue weighted by atomic mass is 9.61. The van der Waals surface area contributed by atoms with Crippen LogP contribution < -0.4 is 10.1 Å². The lowest BCUT2D eigenvalue weighted by molar-refractivity contribution is -0.134. The van der Waals surface area contributed by atoms with Crippen LogP contribution in [0, 0.1) is 12.8 Å². The van der Waals surface area contributed by atoms with E-state index in [1.54, 1.807) is 13.2 Å². The number of ether oxygens (including phenoxy) is 1. The average Bonchev–Trinajstić information content (AvgIpc) is 3.81. The van der Waals surface area contributed by atoms with Crippen LogP contribution in [0.1, 0.15) is 70.6 Å². The van der Waals surface area contributed by atoms with Crippen molar-refractivity contribution < 1.29 is 24.5 Å². The summed E-state index contributed by atoms with van der Waals surface area (Å²) in [7, 11) is 3.74. The Morgan fingerprint density at radius 2 is 1.81 bits per heavy atom. The standard InChI is InChI=1S/C36H42N2O5/c1-22-18-26(11-13-31(22)43-3)25-8-6-23(7-9-25)15-17-37-35(41)29-12-10-27-19-32(38(2)21-24-4-5-24)36(42)16-14-28(39)20-30(36)33(27)34(29)40/h6-13,18,24,30,32,40,42H,4-5,14-17,19-21H2,1-3H3,(H,37,41)/t30?,32-,36+/m1/s1. The number of fused-ring (bicyclic) bond motifs is 3. The van der Waals surface area contributed by atoms with Crippen LogP contribution in [0.2, 0.25) is 0 Å². The fraction of sp³-hybridized carbons (Fsp3) is 0.444. The van der Waals surface area contributed by atoms with E-state index in [0.717, 1.165) is 40.1 Å². The molecule has 3 aliphatic carbocycles. The Bertz CT molecular complexity index is 1530. The van der Waals surface area contributed by atoms with E-state index in [1.807, 2.05) is 25.1 Å². The molecule has 1 unspecified atom stereocenters. The van der Waals surface area contributed by atoms with E-state index in [1.165, 1.54) is 12.8 Å². The van der Waals surface area contributed by atoms with Crippen molar-refractivity contribution in [1.82, 2.24) is 10.2 Å². The first-order valence-electron chi connectivity index (χ1n) is 15.5. The van der Waals surface area contributed by atoms with Crippen LogP contribution in [0.15, 0.2) is 54.6 Å². The number of phenolic OH excluding ortho intramolecular Hbond substituents is 1. The largest absolute Gasteiger partial charge is 0.507 e. The molecule has 7 nitrogen and oxygen atoms in total. The fourth-order valence-corrected chi connectivity index (χ4v) is 7.27. The van der Waals surface area contributed by atoms with E-state index >= 15 is 0 Å². The normalized spacial score (nSPS) is 23.0. The summed E-state index contributed by atoms with van der Waals surface area (Å²) in [5.74, 6) is 0.650. The van der Waals surface area contributed by atoms with Crippen LogP contribution in [-0.2, 0) is 17.6 Å². The van der Waals surface area contributed by atoms with E-state index in [9.17, 15) is 19.8 Å². The van der Waals surface area contributed by atoms with Crippen LogP contribution in [0.3, 0.4) is 0 Å². The summed E-state index contributed by atoms with van der Waals surface area (Å²) in [5, 5.41) is 26.4. The number of aromatic hydroxyl groups is 1. The summed E-state index contributed by atoms with van der Waals surface area (Å²) in [6.07, 6.45) is 4.58. The second kappa shape index (κ2) is 11.8. The molecule has 3 aromatic rings. The Kier molecular flexibility index (Phi) is 8.05. The van der Waals surface area contributed by atoms with Gasteiger partial charge in [0, 0.05) is 43.5 Å². The van der Waals surface area contributed by atoms with Crippen molar-refractivity contribution in [3.05, 3.63) is 82.4 Å². The molecule has 2 fully saturated rings. The lowest BCUT2D eigenvalue weighted by Crippen LogP contribution is -2.60. The molecule has 43 heavy (non-hydrogen) atoms. The third-order valence-electron chi connectivity index (χ3n) is 9.89. The number of nitrogens with one attached hydrogen (secondary N) is 1. The summed E-state index contributed by atoms with van der Waals surface area (Å²) in [6.45, 7) is 3.37. The van der Waals surface area contributed by atoms with Crippen molar-refractivity contribution in [2.24, 2.45) is 5.92 Å². The number of rotatable bonds is 9. The molecule has 0 radical (unpaired) electrons. The van der Waals surface area contributed by atoms with Gasteiger partial charge in [0.05, 0.1) is 18.3 Å². The van der Waals surface area contributed by atoms with Gasteiger partial charge in [-0.3, -0.25) is 14.5 Å². The van der Waals surface area contributed by atoms with Gasteiger partial charge in [-0.05, 0) is 98.0 Å². The van der Waals surface area contributed by atoms with E-state index in [4.69, 9.17) is 4.74 Å². The van der Waals surface area contributed by atoms with Gasteiger partial charge in [-0.15, -0.1) is 0 Å². The number of aliphatic hydroxyl groups is 1. The number of methoxy groups -OCH3 is 1. The van der Waals surface area contributed by atoms with Gasteiger partial charge in [0.25, 0.3) is 5.91 Å². The predicted molar refractivity (Wildman–Crippen MR) is 167 cm³/mol. The van der Waals surface area contributed by atoms with Crippen molar-refractivity contribution in [3.8, 4) is 22.6 Å². The van der Waals surface area contributed by atoms with Crippen LogP contribution in [-0.4, -0.2) is 65.7 Å². The minimum Gasteiger partial charge on any atom is -0.507 e. The van der Waals surface area contributed by atoms with Gasteiger partial charge in [-0.1, -0.05) is 36.4 Å². The van der Waals surface area contributed by atoms with Crippen LogP contribution in [0.25, 0.3) is 11.1 Å². The zero-order valence-electron chi connectivity index (χ0n) is 25.4. The minimum absolute atomic E-state index is 0.0912. The first-order valence-corrected chi connectivity index (χ1v) is 15.5. The van der Waals surface area contributed by atoms with Crippen molar-refractivity contribution in [2.75, 3.05) is 27.2 Å². The number of amides is 1. The second-order valence-corrected chi connectivity index (χ2v) is 12.8. The topological polar surface area (TPSA) is 99.1 Å². The molecular formula is C36H42N2O5. The smallest absolute Gasteiger partial charge is 0.255 e. The van der Waals surface area contributed by atoms with Gasteiger partial charge in [-0.2, -0.15) is 0 Å². The Morgan fingerprint density at radius 1 is 1.07 bits per heavy atom. The van der Waals surface area contributed by atoms with E-state index < -0.39 is 11.5 Å². The third-order valence-corrected chi connectivity index (χ3v) is 9.89. The first kappa shape index (κ1) is 29.4. The van der Waals surface area contributed by atoms with Gasteiger partial charge in [0.1, 0.15) is 17.3 Å². The molecule has 3 aromatic carbocycles. The Hall–Kier alpha value is -3.68. The van der Waals surface area contributed by atoms with E-state index in [2.05, 4.69) is 47.6 Å². The van der Waals surface area contributed by atoms with Gasteiger partial charge < -0.3 is 20.3 Å². The number of ketones is 1. The second-order valence-electron chi connectivity index (χ2n) is 12.8. The Morgan fingerprint density at radius 3 is 2.51 bits per heavy atom. The molecule has 0 heterocycles. The number of nitrogens with zero attached hydrogens (tertiary/aromatic N) is 1. The molecule has 0 saturated heterocycles. The maximum absolute atomic E-state index is 13.3. The Balaban J connectivity index is 1.14. The number of carbonyl (C=O) groups excluding carboxylic acids is 2. The van der Waals surface area contributed by atoms with Crippen LogP contribution >= 0.6 is 0 Å². The number of hydrogen-bond donors (Lipinski definition) is 3. The van der Waals surface area contributed by atoms with Crippen molar-refractivity contribution in [1.29, 1.82) is 0 Å². The number of phenols is 1. The van der Waals surface area contributed by atoms with E-state index in [-0.39, 0.29) is 35.5 Å². The zero-order chi connectivity index (χ0) is 30.3. The molecule has 3 atom stereocenters. The number of hydrogen-bond acceptors (Lipinski definition) is 6. The minimum atomic E-state index is -1.12. The summed E-state index contributed by atoms with van der Waals surface area (Å²) in [5.41, 5.74) is 4.96. The van der Waals surface area contributed by atoms with E-state index in [0.29, 0.717) is 43.7 Å². The summed E-state index contributed by atoms with van der Waals surface area (Å²) in [6, 6.07) is 17.9. The summed E-state index contributed by atoms with van der Waals surface area (Å²) in [4.78, 5) is 28.1. The maximum Gasteiger partial charge on any atom is 0.255 e. The van der Waals surface area contributed by atoms with Gasteiger partial charge in [0.2, 0.25) is 0 Å². The molecule has 0 aromatic heterocycles. The lowest BCUT2D eigenvalue weighted by Gasteiger charge is -2.52. The number of carbonyl (C=O) groups is 2. The molecule has 3 aliphatic rings. The fourth-order valence-electron chi connectivity index (χ4n) is 7.27. The maximum atomic E-state index is 13.3. The first-order chi connectivity index (χ1) is 20.7. The molecule has 3 N–H and O–H groups in total.